The first kappa shape index (κ1) is 13.5. The molecule has 0 aliphatic carbocycles. The molecule has 0 saturated carbocycles. The Hall–Kier alpha value is -0.580. The number of nitrogens with zero attached hydrogens (tertiary/aromatic N) is 2. The fourth-order valence-electron chi connectivity index (χ4n) is 2.05. The number of hydrogen-bond donors (Lipinski definition) is 1. The van der Waals surface area contributed by atoms with E-state index >= 15 is 0 Å². The van der Waals surface area contributed by atoms with Crippen LogP contribution in [0.3, 0.4) is 0 Å². The highest BCUT2D eigenvalue weighted by molar-refractivity contribution is 5.85. The van der Waals surface area contributed by atoms with Gasteiger partial charge in [0.05, 0.1) is 5.69 Å². The minimum atomic E-state index is 0. The monoisotopic (exact) mass is 245 g/mol. The third-order valence-electron chi connectivity index (χ3n) is 3.21. The number of hydrogen-bond acceptors (Lipinski definition) is 4. The second-order valence-electron chi connectivity index (χ2n) is 4.38. The van der Waals surface area contributed by atoms with Gasteiger partial charge < -0.3 is 9.84 Å². The molecule has 0 bridgehead atoms. The molecule has 2 rings (SSSR count). The summed E-state index contributed by atoms with van der Waals surface area (Å²) >= 11 is 0. The van der Waals surface area contributed by atoms with E-state index in [1.54, 1.807) is 0 Å². The van der Waals surface area contributed by atoms with Crippen LogP contribution < -0.4 is 5.32 Å². The Balaban J connectivity index is 0.00000128. The zero-order valence-electron chi connectivity index (χ0n) is 10.1. The summed E-state index contributed by atoms with van der Waals surface area (Å²) in [6.45, 7) is 9.44. The van der Waals surface area contributed by atoms with E-state index in [0.29, 0.717) is 12.1 Å². The van der Waals surface area contributed by atoms with Gasteiger partial charge in [0.25, 0.3) is 0 Å². The summed E-state index contributed by atoms with van der Waals surface area (Å²) in [6.07, 6.45) is 0. The van der Waals surface area contributed by atoms with Crippen LogP contribution in [-0.4, -0.2) is 35.2 Å². The molecule has 2 atom stereocenters. The van der Waals surface area contributed by atoms with Crippen LogP contribution in [0.1, 0.15) is 25.3 Å². The number of aryl methyl sites for hydroxylation is 1. The number of rotatable bonds is 2. The van der Waals surface area contributed by atoms with Crippen molar-refractivity contribution in [3.05, 3.63) is 17.5 Å². The molecule has 5 heteroatoms. The van der Waals surface area contributed by atoms with E-state index < -0.39 is 0 Å². The molecule has 1 aromatic rings. The lowest BCUT2D eigenvalue weighted by Gasteiger charge is -2.38. The van der Waals surface area contributed by atoms with E-state index in [4.69, 9.17) is 4.52 Å². The molecule has 92 valence electrons. The zero-order valence-corrected chi connectivity index (χ0v) is 10.9. The van der Waals surface area contributed by atoms with Crippen LogP contribution in [0.25, 0.3) is 0 Å². The third kappa shape index (κ3) is 2.97. The number of aromatic nitrogens is 1. The van der Waals surface area contributed by atoms with Gasteiger partial charge in [-0.1, -0.05) is 5.16 Å². The van der Waals surface area contributed by atoms with Crippen molar-refractivity contribution in [3.8, 4) is 0 Å². The van der Waals surface area contributed by atoms with Gasteiger partial charge in [-0.15, -0.1) is 12.4 Å². The summed E-state index contributed by atoms with van der Waals surface area (Å²) in [7, 11) is 0. The molecule has 1 aromatic heterocycles. The van der Waals surface area contributed by atoms with Crippen LogP contribution in [-0.2, 0) is 6.54 Å². The predicted octanol–water partition coefficient (Wildman–Crippen LogP) is 1.59. The maximum atomic E-state index is 5.08. The summed E-state index contributed by atoms with van der Waals surface area (Å²) in [6, 6.07) is 3.11. The molecular weight excluding hydrogens is 226 g/mol. The molecule has 0 aromatic carbocycles. The number of piperazine rings is 1. The first-order chi connectivity index (χ1) is 7.16. The molecule has 0 spiro atoms. The smallest absolute Gasteiger partial charge is 0.133 e. The Morgan fingerprint density at radius 1 is 1.56 bits per heavy atom. The van der Waals surface area contributed by atoms with Crippen LogP contribution >= 0.6 is 12.4 Å². The second-order valence-corrected chi connectivity index (χ2v) is 4.38. The van der Waals surface area contributed by atoms with Gasteiger partial charge in [-0.25, -0.2) is 0 Å². The highest BCUT2D eigenvalue weighted by Gasteiger charge is 2.24. The minimum Gasteiger partial charge on any atom is -0.361 e. The standard InChI is InChI=1S/C11H19N3O.ClH/c1-8-6-11(13-15-8)7-14-5-4-12-9(2)10(14)3;/h6,9-10,12H,4-5,7H2,1-3H3;1H. The highest BCUT2D eigenvalue weighted by Crippen LogP contribution is 2.13. The molecular formula is C11H20ClN3O. The first-order valence-electron chi connectivity index (χ1n) is 5.56. The zero-order chi connectivity index (χ0) is 10.8. The second kappa shape index (κ2) is 5.66. The van der Waals surface area contributed by atoms with Crippen molar-refractivity contribution in [2.75, 3.05) is 13.1 Å². The molecule has 2 heterocycles. The highest BCUT2D eigenvalue weighted by atomic mass is 35.5. The van der Waals surface area contributed by atoms with Crippen molar-refractivity contribution in [1.29, 1.82) is 0 Å². The Kier molecular flexibility index (Phi) is 4.77. The van der Waals surface area contributed by atoms with Crippen molar-refractivity contribution < 1.29 is 4.52 Å². The largest absolute Gasteiger partial charge is 0.361 e. The van der Waals surface area contributed by atoms with Crippen molar-refractivity contribution in [3.63, 3.8) is 0 Å². The van der Waals surface area contributed by atoms with E-state index in [-0.39, 0.29) is 12.4 Å². The van der Waals surface area contributed by atoms with Gasteiger partial charge in [0.15, 0.2) is 0 Å². The summed E-state index contributed by atoms with van der Waals surface area (Å²) in [5.74, 6) is 0.890. The van der Waals surface area contributed by atoms with Crippen molar-refractivity contribution >= 4 is 12.4 Å². The maximum absolute atomic E-state index is 5.08. The Bertz CT molecular complexity index is 329. The lowest BCUT2D eigenvalue weighted by atomic mass is 10.1. The van der Waals surface area contributed by atoms with Gasteiger partial charge >= 0.3 is 0 Å². The molecule has 2 unspecified atom stereocenters. The van der Waals surface area contributed by atoms with Crippen molar-refractivity contribution in [1.82, 2.24) is 15.4 Å². The topological polar surface area (TPSA) is 41.3 Å². The van der Waals surface area contributed by atoms with Gasteiger partial charge in [-0.05, 0) is 20.8 Å². The maximum Gasteiger partial charge on any atom is 0.133 e. The molecule has 16 heavy (non-hydrogen) atoms. The molecule has 1 N–H and O–H groups in total. The Morgan fingerprint density at radius 2 is 2.31 bits per heavy atom. The summed E-state index contributed by atoms with van der Waals surface area (Å²) in [4.78, 5) is 2.44. The number of halogens is 1. The summed E-state index contributed by atoms with van der Waals surface area (Å²) in [5, 5.41) is 7.50. The SMILES string of the molecule is Cc1cc(CN2CCNC(C)C2C)no1.Cl. The minimum absolute atomic E-state index is 0. The van der Waals surface area contributed by atoms with Gasteiger partial charge in [-0.3, -0.25) is 4.90 Å². The molecule has 1 fully saturated rings. The number of nitrogens with one attached hydrogen (secondary N) is 1. The molecule has 4 nitrogen and oxygen atoms in total. The molecule has 0 radical (unpaired) electrons. The summed E-state index contributed by atoms with van der Waals surface area (Å²) < 4.78 is 5.08. The molecule has 1 aliphatic rings. The third-order valence-corrected chi connectivity index (χ3v) is 3.21. The fraction of sp³-hybridized carbons (Fsp3) is 0.727. The van der Waals surface area contributed by atoms with Crippen LogP contribution in [0.2, 0.25) is 0 Å². The lowest BCUT2D eigenvalue weighted by Crippen LogP contribution is -2.54. The van der Waals surface area contributed by atoms with Crippen LogP contribution in [0.4, 0.5) is 0 Å². The summed E-state index contributed by atoms with van der Waals surface area (Å²) in [5.41, 5.74) is 1.04. The fourth-order valence-corrected chi connectivity index (χ4v) is 2.05. The Morgan fingerprint density at radius 3 is 2.94 bits per heavy atom. The normalized spacial score (nSPS) is 26.4. The van der Waals surface area contributed by atoms with Gasteiger partial charge in [0.1, 0.15) is 5.76 Å². The van der Waals surface area contributed by atoms with Crippen LogP contribution in [0.15, 0.2) is 10.6 Å². The van der Waals surface area contributed by atoms with Crippen LogP contribution in [0, 0.1) is 6.92 Å². The van der Waals surface area contributed by atoms with Crippen molar-refractivity contribution in [2.24, 2.45) is 0 Å². The van der Waals surface area contributed by atoms with E-state index in [1.165, 1.54) is 0 Å². The van der Waals surface area contributed by atoms with Gasteiger partial charge in [0.2, 0.25) is 0 Å². The quantitative estimate of drug-likeness (QED) is 0.859. The lowest BCUT2D eigenvalue weighted by molar-refractivity contribution is 0.127. The first-order valence-corrected chi connectivity index (χ1v) is 5.56. The molecule has 1 aliphatic heterocycles. The van der Waals surface area contributed by atoms with E-state index in [2.05, 4.69) is 29.2 Å². The molecule has 1 saturated heterocycles. The van der Waals surface area contributed by atoms with E-state index in [0.717, 1.165) is 31.1 Å². The van der Waals surface area contributed by atoms with E-state index in [9.17, 15) is 0 Å². The van der Waals surface area contributed by atoms with Crippen molar-refractivity contribution in [2.45, 2.75) is 39.4 Å². The Labute approximate surface area is 103 Å². The average molecular weight is 246 g/mol. The van der Waals surface area contributed by atoms with E-state index in [1.807, 2.05) is 13.0 Å². The van der Waals surface area contributed by atoms with Gasteiger partial charge in [0, 0.05) is 37.8 Å². The van der Waals surface area contributed by atoms with Crippen LogP contribution in [0.5, 0.6) is 0 Å². The van der Waals surface area contributed by atoms with Gasteiger partial charge in [-0.2, -0.15) is 0 Å². The predicted molar refractivity (Wildman–Crippen MR) is 65.8 cm³/mol. The average Bonchev–Trinajstić information content (AvgIpc) is 2.59. The molecule has 0 amide bonds.